The summed E-state index contributed by atoms with van der Waals surface area (Å²) in [7, 11) is 0. The minimum atomic E-state index is -4.58. The van der Waals surface area contributed by atoms with E-state index in [4.69, 9.17) is 23.2 Å². The minimum absolute atomic E-state index is 0.00269. The second-order valence-corrected chi connectivity index (χ2v) is 7.28. The van der Waals surface area contributed by atoms with Gasteiger partial charge < -0.3 is 15.5 Å². The summed E-state index contributed by atoms with van der Waals surface area (Å²) in [6.07, 6.45) is -2.50. The number of amides is 1. The van der Waals surface area contributed by atoms with Gasteiger partial charge in [0.2, 0.25) is 11.9 Å². The standard InChI is InChI=1S/C18H18Cl2F3N5O/c19-13-4-3-11(8-14(13)20)26-17-25-9-12(18(21,22)23)15(27-17)10-24-5-7-28-6-1-2-16(28)29/h3-4,8-9,24H,1-2,5-7,10H2,(H,25,26,27). The number of carbonyl (C=O) groups is 1. The van der Waals surface area contributed by atoms with Crippen LogP contribution in [0.4, 0.5) is 24.8 Å². The van der Waals surface area contributed by atoms with Gasteiger partial charge >= 0.3 is 6.18 Å². The van der Waals surface area contributed by atoms with E-state index in [0.717, 1.165) is 12.6 Å². The fourth-order valence-electron chi connectivity index (χ4n) is 2.91. The van der Waals surface area contributed by atoms with Gasteiger partial charge in [-0.15, -0.1) is 0 Å². The molecule has 1 aliphatic heterocycles. The zero-order chi connectivity index (χ0) is 21.0. The van der Waals surface area contributed by atoms with Crippen LogP contribution in [-0.4, -0.2) is 40.4 Å². The van der Waals surface area contributed by atoms with Gasteiger partial charge in [-0.25, -0.2) is 9.97 Å². The van der Waals surface area contributed by atoms with E-state index in [-0.39, 0.29) is 24.1 Å². The smallest absolute Gasteiger partial charge is 0.341 e. The summed E-state index contributed by atoms with van der Waals surface area (Å²) >= 11 is 11.8. The average molecular weight is 448 g/mol. The number of alkyl halides is 3. The lowest BCUT2D eigenvalue weighted by Gasteiger charge is -2.17. The van der Waals surface area contributed by atoms with Crippen molar-refractivity contribution in [1.82, 2.24) is 20.2 Å². The molecule has 1 saturated heterocycles. The predicted octanol–water partition coefficient (Wildman–Crippen LogP) is 4.26. The molecule has 0 aliphatic carbocycles. The Morgan fingerprint density at radius 2 is 2.00 bits per heavy atom. The lowest BCUT2D eigenvalue weighted by molar-refractivity contribution is -0.138. The highest BCUT2D eigenvalue weighted by Gasteiger charge is 2.34. The summed E-state index contributed by atoms with van der Waals surface area (Å²) in [6.45, 7) is 1.37. The Labute approximate surface area is 175 Å². The molecule has 0 saturated carbocycles. The highest BCUT2D eigenvalue weighted by atomic mass is 35.5. The maximum atomic E-state index is 13.3. The number of aromatic nitrogens is 2. The molecule has 1 aliphatic rings. The largest absolute Gasteiger partial charge is 0.419 e. The zero-order valence-electron chi connectivity index (χ0n) is 15.2. The third-order valence-corrected chi connectivity index (χ3v) is 5.11. The third-order valence-electron chi connectivity index (χ3n) is 4.37. The van der Waals surface area contributed by atoms with Crippen LogP contribution >= 0.6 is 23.2 Å². The molecule has 0 atom stereocenters. The van der Waals surface area contributed by atoms with Crippen LogP contribution in [0.1, 0.15) is 24.1 Å². The Morgan fingerprint density at radius 1 is 1.21 bits per heavy atom. The number of likely N-dealkylation sites (tertiary alicyclic amines) is 1. The molecular weight excluding hydrogens is 430 g/mol. The number of halogens is 5. The van der Waals surface area contributed by atoms with Crippen molar-refractivity contribution in [2.45, 2.75) is 25.6 Å². The van der Waals surface area contributed by atoms with Gasteiger partial charge in [0.25, 0.3) is 0 Å². The summed E-state index contributed by atoms with van der Waals surface area (Å²) in [5.74, 6) is 0.0702. The highest BCUT2D eigenvalue weighted by molar-refractivity contribution is 6.42. The summed E-state index contributed by atoms with van der Waals surface area (Å²) in [5, 5.41) is 6.38. The molecular formula is C18H18Cl2F3N5O. The van der Waals surface area contributed by atoms with Crippen molar-refractivity contribution in [3.8, 4) is 0 Å². The summed E-state index contributed by atoms with van der Waals surface area (Å²) in [4.78, 5) is 21.0. The summed E-state index contributed by atoms with van der Waals surface area (Å²) in [6, 6.07) is 4.69. The van der Waals surface area contributed by atoms with Gasteiger partial charge in [-0.05, 0) is 24.6 Å². The lowest BCUT2D eigenvalue weighted by atomic mass is 10.2. The first-order valence-electron chi connectivity index (χ1n) is 8.88. The van der Waals surface area contributed by atoms with E-state index in [1.165, 1.54) is 6.07 Å². The Balaban J connectivity index is 1.69. The predicted molar refractivity (Wildman–Crippen MR) is 104 cm³/mol. The third kappa shape index (κ3) is 5.71. The number of nitrogens with one attached hydrogen (secondary N) is 2. The van der Waals surface area contributed by atoms with Crippen molar-refractivity contribution in [3.63, 3.8) is 0 Å². The van der Waals surface area contributed by atoms with Crippen molar-refractivity contribution >= 4 is 40.7 Å². The molecule has 1 amide bonds. The van der Waals surface area contributed by atoms with E-state index < -0.39 is 11.7 Å². The van der Waals surface area contributed by atoms with Crippen LogP contribution in [0.15, 0.2) is 24.4 Å². The molecule has 1 aromatic carbocycles. The van der Waals surface area contributed by atoms with Crippen molar-refractivity contribution in [2.75, 3.05) is 25.0 Å². The van der Waals surface area contributed by atoms with E-state index >= 15 is 0 Å². The van der Waals surface area contributed by atoms with Gasteiger partial charge in [0, 0.05) is 44.5 Å². The maximum Gasteiger partial charge on any atom is 0.419 e. The molecule has 3 rings (SSSR count). The first-order chi connectivity index (χ1) is 13.7. The molecule has 2 N–H and O–H groups in total. The van der Waals surface area contributed by atoms with Gasteiger partial charge in [-0.2, -0.15) is 13.2 Å². The molecule has 0 unspecified atom stereocenters. The summed E-state index contributed by atoms with van der Waals surface area (Å²) < 4.78 is 39.9. The van der Waals surface area contributed by atoms with Gasteiger partial charge in [-0.3, -0.25) is 4.79 Å². The van der Waals surface area contributed by atoms with Crippen LogP contribution < -0.4 is 10.6 Å². The molecule has 2 heterocycles. The van der Waals surface area contributed by atoms with E-state index in [1.54, 1.807) is 17.0 Å². The van der Waals surface area contributed by atoms with Gasteiger partial charge in [0.1, 0.15) is 0 Å². The van der Waals surface area contributed by atoms with Crippen LogP contribution in [0.3, 0.4) is 0 Å². The molecule has 2 aromatic rings. The quantitative estimate of drug-likeness (QED) is 0.620. The second kappa shape index (κ2) is 9.15. The number of hydrogen-bond acceptors (Lipinski definition) is 5. The van der Waals surface area contributed by atoms with Gasteiger partial charge in [0.05, 0.1) is 21.3 Å². The van der Waals surface area contributed by atoms with Crippen LogP contribution in [0.5, 0.6) is 0 Å². The molecule has 1 aromatic heterocycles. The number of hydrogen-bond donors (Lipinski definition) is 2. The van der Waals surface area contributed by atoms with Crippen LogP contribution in [0.2, 0.25) is 10.0 Å². The topological polar surface area (TPSA) is 70.2 Å². The number of rotatable bonds is 7. The molecule has 0 spiro atoms. The lowest BCUT2D eigenvalue weighted by Crippen LogP contribution is -2.33. The molecule has 29 heavy (non-hydrogen) atoms. The fourth-order valence-corrected chi connectivity index (χ4v) is 3.21. The van der Waals surface area contributed by atoms with E-state index in [9.17, 15) is 18.0 Å². The number of anilines is 2. The minimum Gasteiger partial charge on any atom is -0.341 e. The fraction of sp³-hybridized carbons (Fsp3) is 0.389. The van der Waals surface area contributed by atoms with Gasteiger partial charge in [0.15, 0.2) is 0 Å². The van der Waals surface area contributed by atoms with Crippen molar-refractivity contribution in [2.24, 2.45) is 0 Å². The van der Waals surface area contributed by atoms with Crippen LogP contribution in [-0.2, 0) is 17.5 Å². The second-order valence-electron chi connectivity index (χ2n) is 6.47. The normalized spacial score (nSPS) is 14.5. The molecule has 11 heteroatoms. The molecule has 0 radical (unpaired) electrons. The number of nitrogens with zero attached hydrogens (tertiary/aromatic N) is 3. The monoisotopic (exact) mass is 447 g/mol. The Bertz CT molecular complexity index is 894. The Hall–Kier alpha value is -2.10. The number of carbonyl (C=O) groups excluding carboxylic acids is 1. The van der Waals surface area contributed by atoms with Crippen molar-refractivity contribution in [3.05, 3.63) is 45.7 Å². The average Bonchev–Trinajstić information content (AvgIpc) is 3.06. The van der Waals surface area contributed by atoms with E-state index in [0.29, 0.717) is 41.8 Å². The SMILES string of the molecule is O=C1CCCN1CCNCc1nc(Nc2ccc(Cl)c(Cl)c2)ncc1C(F)(F)F. The van der Waals surface area contributed by atoms with E-state index in [2.05, 4.69) is 20.6 Å². The molecule has 6 nitrogen and oxygen atoms in total. The maximum absolute atomic E-state index is 13.3. The zero-order valence-corrected chi connectivity index (χ0v) is 16.7. The number of benzene rings is 1. The van der Waals surface area contributed by atoms with Crippen molar-refractivity contribution in [1.29, 1.82) is 0 Å². The van der Waals surface area contributed by atoms with Gasteiger partial charge in [-0.1, -0.05) is 23.2 Å². The molecule has 1 fully saturated rings. The molecule has 156 valence electrons. The Kier molecular flexibility index (Phi) is 6.81. The highest BCUT2D eigenvalue weighted by Crippen LogP contribution is 2.32. The molecule has 0 bridgehead atoms. The first kappa shape index (κ1) is 21.6. The van der Waals surface area contributed by atoms with E-state index in [1.807, 2.05) is 0 Å². The Morgan fingerprint density at radius 3 is 2.66 bits per heavy atom. The van der Waals surface area contributed by atoms with Crippen LogP contribution in [0, 0.1) is 0 Å². The van der Waals surface area contributed by atoms with Crippen LogP contribution in [0.25, 0.3) is 0 Å². The summed E-state index contributed by atoms with van der Waals surface area (Å²) in [5.41, 5.74) is -0.615. The van der Waals surface area contributed by atoms with Crippen molar-refractivity contribution < 1.29 is 18.0 Å². The first-order valence-corrected chi connectivity index (χ1v) is 9.63.